The van der Waals surface area contributed by atoms with Crippen molar-refractivity contribution < 1.29 is 28.6 Å². The average Bonchev–Trinajstić information content (AvgIpc) is 3.27. The molecule has 1 atom stereocenters. The van der Waals surface area contributed by atoms with Gasteiger partial charge in [-0.2, -0.15) is 0 Å². The Morgan fingerprint density at radius 2 is 0.532 bits per heavy atom. The summed E-state index contributed by atoms with van der Waals surface area (Å²) in [5.74, 6) is -0.867. The Morgan fingerprint density at radius 1 is 0.306 bits per heavy atom. The maximum absolute atomic E-state index is 12.8. The standard InChI is InChI=1S/C56H104O6/c1-4-7-10-13-16-19-21-23-25-27-28-30-31-33-35-37-40-43-46-49-55(58)61-52-53(51-60-54(57)48-45-42-39-18-15-12-9-6-3)62-56(59)50-47-44-41-38-36-34-32-29-26-24-22-20-17-14-11-8-5-2/h23-26,53H,4-22,27-52H2,1-3H3/b25-23-,26-24-. The second-order valence-corrected chi connectivity index (χ2v) is 18.5. The van der Waals surface area contributed by atoms with Crippen LogP contribution >= 0.6 is 0 Å². The van der Waals surface area contributed by atoms with Crippen molar-refractivity contribution in [3.63, 3.8) is 0 Å². The molecular formula is C56H104O6. The van der Waals surface area contributed by atoms with Crippen molar-refractivity contribution in [2.45, 2.75) is 303 Å². The quantitative estimate of drug-likeness (QED) is 0.0262. The van der Waals surface area contributed by atoms with Gasteiger partial charge >= 0.3 is 17.9 Å². The van der Waals surface area contributed by atoms with Gasteiger partial charge in [-0.15, -0.1) is 0 Å². The van der Waals surface area contributed by atoms with Crippen LogP contribution in [0.3, 0.4) is 0 Å². The number of ether oxygens (including phenoxy) is 3. The summed E-state index contributed by atoms with van der Waals surface area (Å²) in [5.41, 5.74) is 0. The molecule has 0 rings (SSSR count). The molecule has 0 aromatic carbocycles. The molecule has 0 heterocycles. The zero-order valence-electron chi connectivity index (χ0n) is 41.7. The van der Waals surface area contributed by atoms with Crippen molar-refractivity contribution >= 4 is 17.9 Å². The molecule has 0 radical (unpaired) electrons. The van der Waals surface area contributed by atoms with Crippen LogP contribution in [0.15, 0.2) is 24.3 Å². The number of allylic oxidation sites excluding steroid dienone is 4. The largest absolute Gasteiger partial charge is 0.462 e. The molecule has 0 bridgehead atoms. The third-order valence-electron chi connectivity index (χ3n) is 12.2. The van der Waals surface area contributed by atoms with E-state index in [-0.39, 0.29) is 31.1 Å². The highest BCUT2D eigenvalue weighted by Crippen LogP contribution is 2.16. The summed E-state index contributed by atoms with van der Waals surface area (Å²) < 4.78 is 16.8. The summed E-state index contributed by atoms with van der Waals surface area (Å²) in [6.45, 7) is 6.63. The highest BCUT2D eigenvalue weighted by molar-refractivity contribution is 5.71. The Labute approximate surface area is 385 Å². The van der Waals surface area contributed by atoms with Crippen molar-refractivity contribution in [3.8, 4) is 0 Å². The van der Waals surface area contributed by atoms with Crippen LogP contribution in [0.2, 0.25) is 0 Å². The van der Waals surface area contributed by atoms with Crippen molar-refractivity contribution in [1.29, 1.82) is 0 Å². The molecule has 0 aliphatic heterocycles. The number of rotatable bonds is 50. The summed E-state index contributed by atoms with van der Waals surface area (Å²) in [6, 6.07) is 0. The van der Waals surface area contributed by atoms with Crippen LogP contribution in [-0.2, 0) is 28.6 Å². The first-order valence-electron chi connectivity index (χ1n) is 27.3. The molecule has 6 nitrogen and oxygen atoms in total. The van der Waals surface area contributed by atoms with Crippen molar-refractivity contribution in [3.05, 3.63) is 24.3 Å². The lowest BCUT2D eigenvalue weighted by molar-refractivity contribution is -0.167. The lowest BCUT2D eigenvalue weighted by Gasteiger charge is -2.18. The summed E-state index contributed by atoms with van der Waals surface area (Å²) in [5, 5.41) is 0. The number of carbonyl (C=O) groups excluding carboxylic acids is 3. The van der Waals surface area contributed by atoms with Gasteiger partial charge in [0.25, 0.3) is 0 Å². The highest BCUT2D eigenvalue weighted by Gasteiger charge is 2.19. The van der Waals surface area contributed by atoms with Gasteiger partial charge in [-0.05, 0) is 70.6 Å². The number of hydrogen-bond donors (Lipinski definition) is 0. The van der Waals surface area contributed by atoms with E-state index in [9.17, 15) is 14.4 Å². The topological polar surface area (TPSA) is 78.9 Å². The maximum Gasteiger partial charge on any atom is 0.306 e. The van der Waals surface area contributed by atoms with E-state index < -0.39 is 6.10 Å². The monoisotopic (exact) mass is 873 g/mol. The first kappa shape index (κ1) is 59.9. The molecule has 0 aliphatic rings. The molecule has 62 heavy (non-hydrogen) atoms. The zero-order valence-corrected chi connectivity index (χ0v) is 41.7. The van der Waals surface area contributed by atoms with E-state index in [1.54, 1.807) is 0 Å². The number of esters is 3. The fraction of sp³-hybridized carbons (Fsp3) is 0.875. The van der Waals surface area contributed by atoms with E-state index in [1.807, 2.05) is 0 Å². The molecule has 0 amide bonds. The van der Waals surface area contributed by atoms with Crippen molar-refractivity contribution in [2.24, 2.45) is 0 Å². The van der Waals surface area contributed by atoms with E-state index in [1.165, 1.54) is 199 Å². The van der Waals surface area contributed by atoms with Crippen LogP contribution in [0.4, 0.5) is 0 Å². The van der Waals surface area contributed by atoms with Gasteiger partial charge in [0.2, 0.25) is 0 Å². The summed E-state index contributed by atoms with van der Waals surface area (Å²) >= 11 is 0. The molecule has 1 unspecified atom stereocenters. The SMILES string of the molecule is CCCCCCCC/C=C\CCCCCCCCCCCC(=O)OCC(COC(=O)CCCCCCCCCC)OC(=O)CCCCCCCCC/C=C\CCCCCCCC. The molecule has 0 aromatic heterocycles. The molecule has 6 heteroatoms. The first-order valence-corrected chi connectivity index (χ1v) is 27.3. The van der Waals surface area contributed by atoms with Crippen LogP contribution in [0, 0.1) is 0 Å². The normalized spacial score (nSPS) is 12.1. The lowest BCUT2D eigenvalue weighted by atomic mass is 10.1. The number of hydrogen-bond acceptors (Lipinski definition) is 6. The molecule has 0 fully saturated rings. The number of unbranched alkanes of at least 4 members (excludes halogenated alkanes) is 35. The van der Waals surface area contributed by atoms with Gasteiger partial charge in [0.1, 0.15) is 13.2 Å². The van der Waals surface area contributed by atoms with E-state index in [2.05, 4.69) is 45.1 Å². The molecule has 0 aromatic rings. The van der Waals surface area contributed by atoms with E-state index >= 15 is 0 Å². The van der Waals surface area contributed by atoms with Crippen LogP contribution in [0.5, 0.6) is 0 Å². The Morgan fingerprint density at radius 3 is 0.806 bits per heavy atom. The molecule has 0 N–H and O–H groups in total. The minimum Gasteiger partial charge on any atom is -0.462 e. The van der Waals surface area contributed by atoms with E-state index in [0.717, 1.165) is 57.8 Å². The van der Waals surface area contributed by atoms with Gasteiger partial charge in [0, 0.05) is 19.3 Å². The summed E-state index contributed by atoms with van der Waals surface area (Å²) in [4.78, 5) is 37.9. The minimum atomic E-state index is -0.769. The summed E-state index contributed by atoms with van der Waals surface area (Å²) in [6.07, 6.45) is 58.9. The van der Waals surface area contributed by atoms with Gasteiger partial charge in [-0.3, -0.25) is 14.4 Å². The average molecular weight is 873 g/mol. The molecule has 364 valence electrons. The fourth-order valence-corrected chi connectivity index (χ4v) is 8.02. The van der Waals surface area contributed by atoms with Crippen molar-refractivity contribution in [1.82, 2.24) is 0 Å². The third kappa shape index (κ3) is 48.9. The Balaban J connectivity index is 4.24. The predicted molar refractivity (Wildman–Crippen MR) is 266 cm³/mol. The first-order chi connectivity index (χ1) is 30.5. The van der Waals surface area contributed by atoms with Crippen LogP contribution in [0.25, 0.3) is 0 Å². The molecule has 0 saturated carbocycles. The smallest absolute Gasteiger partial charge is 0.306 e. The number of carbonyl (C=O) groups is 3. The van der Waals surface area contributed by atoms with Gasteiger partial charge in [0.05, 0.1) is 0 Å². The van der Waals surface area contributed by atoms with E-state index in [4.69, 9.17) is 14.2 Å². The second-order valence-electron chi connectivity index (χ2n) is 18.5. The van der Waals surface area contributed by atoms with Crippen molar-refractivity contribution in [2.75, 3.05) is 13.2 Å². The second kappa shape index (κ2) is 51.5. The Hall–Kier alpha value is -2.11. The highest BCUT2D eigenvalue weighted by atomic mass is 16.6. The molecule has 0 saturated heterocycles. The lowest BCUT2D eigenvalue weighted by Crippen LogP contribution is -2.30. The van der Waals surface area contributed by atoms with Crippen LogP contribution in [0.1, 0.15) is 297 Å². The van der Waals surface area contributed by atoms with Crippen LogP contribution < -0.4 is 0 Å². The summed E-state index contributed by atoms with van der Waals surface area (Å²) in [7, 11) is 0. The van der Waals surface area contributed by atoms with E-state index in [0.29, 0.717) is 19.3 Å². The molecule has 0 spiro atoms. The fourth-order valence-electron chi connectivity index (χ4n) is 8.02. The zero-order chi connectivity index (χ0) is 45.1. The van der Waals surface area contributed by atoms with Gasteiger partial charge < -0.3 is 14.2 Å². The molecular weight excluding hydrogens is 769 g/mol. The van der Waals surface area contributed by atoms with Gasteiger partial charge in [-0.1, -0.05) is 231 Å². The Kier molecular flexibility index (Phi) is 49.8. The van der Waals surface area contributed by atoms with Gasteiger partial charge in [-0.25, -0.2) is 0 Å². The van der Waals surface area contributed by atoms with Crippen LogP contribution in [-0.4, -0.2) is 37.2 Å². The Bertz CT molecular complexity index is 1000. The minimum absolute atomic E-state index is 0.0704. The third-order valence-corrected chi connectivity index (χ3v) is 12.2. The maximum atomic E-state index is 12.8. The molecule has 0 aliphatic carbocycles. The predicted octanol–water partition coefficient (Wildman–Crippen LogP) is 17.9. The van der Waals surface area contributed by atoms with Gasteiger partial charge in [0.15, 0.2) is 6.10 Å².